The highest BCUT2D eigenvalue weighted by atomic mass is 15.2. The molecule has 1 fully saturated rings. The average Bonchev–Trinajstić information content (AvgIpc) is 2.26. The van der Waals surface area contributed by atoms with E-state index in [0.717, 1.165) is 6.54 Å². The summed E-state index contributed by atoms with van der Waals surface area (Å²) in [5, 5.41) is 3.58. The van der Waals surface area contributed by atoms with Gasteiger partial charge < -0.3 is 10.2 Å². The molecule has 0 bridgehead atoms. The van der Waals surface area contributed by atoms with Crippen molar-refractivity contribution in [2.45, 2.75) is 45.2 Å². The van der Waals surface area contributed by atoms with Gasteiger partial charge in [-0.05, 0) is 57.9 Å². The van der Waals surface area contributed by atoms with Crippen molar-refractivity contribution in [2.75, 3.05) is 18.5 Å². The van der Waals surface area contributed by atoms with E-state index in [4.69, 9.17) is 0 Å². The third-order valence-electron chi connectivity index (χ3n) is 3.78. The van der Waals surface area contributed by atoms with Crippen molar-refractivity contribution >= 4 is 5.69 Å². The molecule has 0 amide bonds. The Bertz CT molecular complexity index is 384. The number of nitrogens with zero attached hydrogens (tertiary/aromatic N) is 1. The Kier molecular flexibility index (Phi) is 3.43. The van der Waals surface area contributed by atoms with Gasteiger partial charge in [-0.2, -0.15) is 0 Å². The van der Waals surface area contributed by atoms with Gasteiger partial charge in [-0.15, -0.1) is 0 Å². The van der Waals surface area contributed by atoms with Gasteiger partial charge in [-0.3, -0.25) is 0 Å². The summed E-state index contributed by atoms with van der Waals surface area (Å²) in [6, 6.07) is 9.43. The summed E-state index contributed by atoms with van der Waals surface area (Å²) in [6.07, 6.45) is 2.44. The van der Waals surface area contributed by atoms with Gasteiger partial charge in [-0.25, -0.2) is 0 Å². The molecule has 1 heterocycles. The van der Waals surface area contributed by atoms with Crippen LogP contribution in [0.4, 0.5) is 5.69 Å². The van der Waals surface area contributed by atoms with Crippen LogP contribution >= 0.6 is 0 Å². The van der Waals surface area contributed by atoms with E-state index in [0.29, 0.717) is 6.04 Å². The van der Waals surface area contributed by atoms with Crippen LogP contribution in [-0.4, -0.2) is 25.2 Å². The van der Waals surface area contributed by atoms with Crippen LogP contribution < -0.4 is 10.2 Å². The number of piperidine rings is 1. The lowest BCUT2D eigenvalue weighted by Gasteiger charge is -2.41. The second kappa shape index (κ2) is 4.69. The lowest BCUT2D eigenvalue weighted by molar-refractivity contribution is 0.272. The Hall–Kier alpha value is -1.02. The van der Waals surface area contributed by atoms with E-state index in [1.165, 1.54) is 24.1 Å². The summed E-state index contributed by atoms with van der Waals surface area (Å²) in [5.74, 6) is 0. The smallest absolute Gasteiger partial charge is 0.0368 e. The molecule has 1 aromatic carbocycles. The van der Waals surface area contributed by atoms with Crippen molar-refractivity contribution in [1.82, 2.24) is 5.32 Å². The molecular formula is C15H24N2. The molecule has 1 aromatic rings. The van der Waals surface area contributed by atoms with E-state index >= 15 is 0 Å². The maximum absolute atomic E-state index is 3.58. The fourth-order valence-corrected chi connectivity index (χ4v) is 2.73. The van der Waals surface area contributed by atoms with Gasteiger partial charge in [0.1, 0.15) is 0 Å². The van der Waals surface area contributed by atoms with E-state index in [2.05, 4.69) is 62.3 Å². The Balaban J connectivity index is 2.12. The summed E-state index contributed by atoms with van der Waals surface area (Å²) in [5.41, 5.74) is 2.94. The molecule has 1 aliphatic heterocycles. The standard InChI is InChI=1S/C15H24N2/c1-12-6-5-7-13(10-12)17(4)14-8-9-16-15(2,3)11-14/h5-7,10,14,16H,8-9,11H2,1-4H3. The Morgan fingerprint density at radius 3 is 2.76 bits per heavy atom. The summed E-state index contributed by atoms with van der Waals surface area (Å²) in [4.78, 5) is 2.44. The molecular weight excluding hydrogens is 208 g/mol. The number of nitrogens with one attached hydrogen (secondary N) is 1. The molecule has 94 valence electrons. The van der Waals surface area contributed by atoms with E-state index in [1.54, 1.807) is 0 Å². The normalized spacial score (nSPS) is 23.4. The van der Waals surface area contributed by atoms with Crippen LogP contribution in [0.25, 0.3) is 0 Å². The van der Waals surface area contributed by atoms with Crippen LogP contribution in [0.3, 0.4) is 0 Å². The third-order valence-corrected chi connectivity index (χ3v) is 3.78. The van der Waals surface area contributed by atoms with Crippen LogP contribution in [0.1, 0.15) is 32.3 Å². The maximum atomic E-state index is 3.58. The van der Waals surface area contributed by atoms with Gasteiger partial charge in [-0.1, -0.05) is 12.1 Å². The van der Waals surface area contributed by atoms with E-state index in [9.17, 15) is 0 Å². The molecule has 1 unspecified atom stereocenters. The molecule has 17 heavy (non-hydrogen) atoms. The molecule has 0 aromatic heterocycles. The highest BCUT2D eigenvalue weighted by Crippen LogP contribution is 2.26. The Morgan fingerprint density at radius 1 is 1.35 bits per heavy atom. The molecule has 2 heteroatoms. The first-order chi connectivity index (χ1) is 7.98. The summed E-state index contributed by atoms with van der Waals surface area (Å²) >= 11 is 0. The summed E-state index contributed by atoms with van der Waals surface area (Å²) < 4.78 is 0. The highest BCUT2D eigenvalue weighted by Gasteiger charge is 2.29. The van der Waals surface area contributed by atoms with Crippen molar-refractivity contribution in [1.29, 1.82) is 0 Å². The lowest BCUT2D eigenvalue weighted by Crippen LogP contribution is -2.52. The summed E-state index contributed by atoms with van der Waals surface area (Å²) in [7, 11) is 2.22. The number of hydrogen-bond donors (Lipinski definition) is 1. The predicted octanol–water partition coefficient (Wildman–Crippen LogP) is 2.96. The van der Waals surface area contributed by atoms with E-state index in [-0.39, 0.29) is 5.54 Å². The fraction of sp³-hybridized carbons (Fsp3) is 0.600. The molecule has 2 rings (SSSR count). The molecule has 1 atom stereocenters. The first kappa shape index (κ1) is 12.4. The summed E-state index contributed by atoms with van der Waals surface area (Å²) in [6.45, 7) is 7.87. The zero-order chi connectivity index (χ0) is 12.5. The number of hydrogen-bond acceptors (Lipinski definition) is 2. The van der Waals surface area contributed by atoms with Crippen molar-refractivity contribution in [3.63, 3.8) is 0 Å². The zero-order valence-electron chi connectivity index (χ0n) is 11.5. The van der Waals surface area contributed by atoms with Gasteiger partial charge in [0.25, 0.3) is 0 Å². The minimum atomic E-state index is 0.265. The Labute approximate surface area is 105 Å². The van der Waals surface area contributed by atoms with Crippen LogP contribution in [0, 0.1) is 6.92 Å². The highest BCUT2D eigenvalue weighted by molar-refractivity contribution is 5.48. The number of benzene rings is 1. The topological polar surface area (TPSA) is 15.3 Å². The van der Waals surface area contributed by atoms with Gasteiger partial charge in [0.2, 0.25) is 0 Å². The minimum absolute atomic E-state index is 0.265. The lowest BCUT2D eigenvalue weighted by atomic mass is 9.88. The first-order valence-electron chi connectivity index (χ1n) is 6.52. The van der Waals surface area contributed by atoms with Crippen LogP contribution in [0.2, 0.25) is 0 Å². The van der Waals surface area contributed by atoms with Crippen molar-refractivity contribution in [3.05, 3.63) is 29.8 Å². The molecule has 0 radical (unpaired) electrons. The third kappa shape index (κ3) is 3.01. The molecule has 0 saturated carbocycles. The maximum Gasteiger partial charge on any atom is 0.0368 e. The first-order valence-corrected chi connectivity index (χ1v) is 6.52. The van der Waals surface area contributed by atoms with E-state index < -0.39 is 0 Å². The molecule has 1 aliphatic rings. The van der Waals surface area contributed by atoms with Crippen LogP contribution in [0.5, 0.6) is 0 Å². The molecule has 1 saturated heterocycles. The molecule has 0 spiro atoms. The average molecular weight is 232 g/mol. The second-order valence-electron chi connectivity index (χ2n) is 5.91. The molecule has 2 nitrogen and oxygen atoms in total. The predicted molar refractivity (Wildman–Crippen MR) is 74.7 cm³/mol. The zero-order valence-corrected chi connectivity index (χ0v) is 11.5. The quantitative estimate of drug-likeness (QED) is 0.843. The number of aryl methyl sites for hydroxylation is 1. The minimum Gasteiger partial charge on any atom is -0.371 e. The second-order valence-corrected chi connectivity index (χ2v) is 5.91. The SMILES string of the molecule is Cc1cccc(N(C)C2CCNC(C)(C)C2)c1. The molecule has 0 aliphatic carbocycles. The van der Waals surface area contributed by atoms with Crippen molar-refractivity contribution in [2.24, 2.45) is 0 Å². The van der Waals surface area contributed by atoms with Gasteiger partial charge in [0.15, 0.2) is 0 Å². The van der Waals surface area contributed by atoms with Crippen LogP contribution in [-0.2, 0) is 0 Å². The Morgan fingerprint density at radius 2 is 2.12 bits per heavy atom. The monoisotopic (exact) mass is 232 g/mol. The van der Waals surface area contributed by atoms with Gasteiger partial charge >= 0.3 is 0 Å². The van der Waals surface area contributed by atoms with Crippen LogP contribution in [0.15, 0.2) is 24.3 Å². The van der Waals surface area contributed by atoms with Crippen molar-refractivity contribution < 1.29 is 0 Å². The largest absolute Gasteiger partial charge is 0.371 e. The number of anilines is 1. The number of rotatable bonds is 2. The van der Waals surface area contributed by atoms with Crippen molar-refractivity contribution in [3.8, 4) is 0 Å². The molecule has 1 N–H and O–H groups in total. The van der Waals surface area contributed by atoms with E-state index in [1.807, 2.05) is 0 Å². The van der Waals surface area contributed by atoms with Gasteiger partial charge in [0, 0.05) is 24.3 Å². The van der Waals surface area contributed by atoms with Gasteiger partial charge in [0.05, 0.1) is 0 Å². The fourth-order valence-electron chi connectivity index (χ4n) is 2.73.